The SMILES string of the molecule is Cc1nc(-c2ccc(F)cc2)c(CC(=O)N2CCN(c3ccc([N+](=O)[O-])cc3)CC2)s1. The van der Waals surface area contributed by atoms with Crippen LogP contribution in [0.25, 0.3) is 11.3 Å². The molecule has 7 nitrogen and oxygen atoms in total. The topological polar surface area (TPSA) is 79.6 Å². The minimum atomic E-state index is -0.415. The number of amides is 1. The lowest BCUT2D eigenvalue weighted by Gasteiger charge is -2.36. The van der Waals surface area contributed by atoms with Crippen LogP contribution >= 0.6 is 11.3 Å². The fourth-order valence-corrected chi connectivity index (χ4v) is 4.62. The maximum absolute atomic E-state index is 13.3. The maximum atomic E-state index is 13.3. The summed E-state index contributed by atoms with van der Waals surface area (Å²) in [5.41, 5.74) is 2.51. The third-order valence-corrected chi connectivity index (χ3v) is 6.26. The zero-order valence-electron chi connectivity index (χ0n) is 17.0. The van der Waals surface area contributed by atoms with Crippen molar-refractivity contribution in [1.29, 1.82) is 0 Å². The summed E-state index contributed by atoms with van der Waals surface area (Å²) in [6.45, 7) is 4.39. The van der Waals surface area contributed by atoms with Crippen LogP contribution in [0.3, 0.4) is 0 Å². The fraction of sp³-hybridized carbons (Fsp3) is 0.273. The average molecular weight is 441 g/mol. The fourth-order valence-electron chi connectivity index (χ4n) is 3.67. The number of carbonyl (C=O) groups is 1. The van der Waals surface area contributed by atoms with Crippen LogP contribution < -0.4 is 4.90 Å². The van der Waals surface area contributed by atoms with Gasteiger partial charge in [-0.25, -0.2) is 9.37 Å². The zero-order chi connectivity index (χ0) is 22.0. The molecule has 9 heteroatoms. The highest BCUT2D eigenvalue weighted by Gasteiger charge is 2.24. The van der Waals surface area contributed by atoms with E-state index < -0.39 is 4.92 Å². The van der Waals surface area contributed by atoms with Gasteiger partial charge in [0.25, 0.3) is 5.69 Å². The van der Waals surface area contributed by atoms with Gasteiger partial charge in [-0.2, -0.15) is 0 Å². The van der Waals surface area contributed by atoms with Crippen LogP contribution in [-0.4, -0.2) is 46.9 Å². The quantitative estimate of drug-likeness (QED) is 0.442. The summed E-state index contributed by atoms with van der Waals surface area (Å²) in [6, 6.07) is 12.6. The summed E-state index contributed by atoms with van der Waals surface area (Å²) in [4.78, 5) is 32.7. The molecule has 0 spiro atoms. The molecular formula is C22H21FN4O3S. The summed E-state index contributed by atoms with van der Waals surface area (Å²) in [5.74, 6) is -0.269. The van der Waals surface area contributed by atoms with Crippen LogP contribution in [0.15, 0.2) is 48.5 Å². The molecule has 31 heavy (non-hydrogen) atoms. The lowest BCUT2D eigenvalue weighted by Crippen LogP contribution is -2.49. The molecule has 160 valence electrons. The molecular weight excluding hydrogens is 419 g/mol. The lowest BCUT2D eigenvalue weighted by atomic mass is 10.1. The number of nitro benzene ring substituents is 1. The van der Waals surface area contributed by atoms with E-state index >= 15 is 0 Å². The molecule has 0 N–H and O–H groups in total. The predicted molar refractivity (Wildman–Crippen MR) is 118 cm³/mol. The van der Waals surface area contributed by atoms with Gasteiger partial charge >= 0.3 is 0 Å². The predicted octanol–water partition coefficient (Wildman–Crippen LogP) is 4.06. The standard InChI is InChI=1S/C22H21FN4O3S/c1-15-24-22(16-2-4-17(23)5-3-16)20(31-15)14-21(28)26-12-10-25(11-13-26)18-6-8-19(9-7-18)27(29)30/h2-9H,10-14H2,1H3. The summed E-state index contributed by atoms with van der Waals surface area (Å²) in [7, 11) is 0. The molecule has 1 fully saturated rings. The van der Waals surface area contributed by atoms with Gasteiger partial charge in [0.2, 0.25) is 5.91 Å². The number of aryl methyl sites for hydroxylation is 1. The van der Waals surface area contributed by atoms with E-state index in [-0.39, 0.29) is 23.8 Å². The van der Waals surface area contributed by atoms with Gasteiger partial charge in [0.05, 0.1) is 22.0 Å². The molecule has 1 aliphatic rings. The molecule has 0 bridgehead atoms. The first-order chi connectivity index (χ1) is 14.9. The number of benzene rings is 2. The number of anilines is 1. The Balaban J connectivity index is 1.40. The number of aromatic nitrogens is 1. The largest absolute Gasteiger partial charge is 0.368 e. The van der Waals surface area contributed by atoms with E-state index in [9.17, 15) is 19.3 Å². The van der Waals surface area contributed by atoms with Gasteiger partial charge < -0.3 is 9.80 Å². The zero-order valence-corrected chi connectivity index (χ0v) is 17.8. The Labute approximate surface area is 182 Å². The molecule has 0 radical (unpaired) electrons. The van der Waals surface area contributed by atoms with Crippen molar-refractivity contribution in [2.45, 2.75) is 13.3 Å². The number of thiazole rings is 1. The van der Waals surface area contributed by atoms with Crippen molar-refractivity contribution >= 4 is 28.6 Å². The second-order valence-electron chi connectivity index (χ2n) is 7.33. The number of non-ortho nitro benzene ring substituents is 1. The van der Waals surface area contributed by atoms with Crippen LogP contribution in [0.5, 0.6) is 0 Å². The third kappa shape index (κ3) is 4.72. The van der Waals surface area contributed by atoms with Crippen molar-refractivity contribution in [1.82, 2.24) is 9.88 Å². The van der Waals surface area contributed by atoms with Gasteiger partial charge in [0, 0.05) is 54.4 Å². The molecule has 1 saturated heterocycles. The van der Waals surface area contributed by atoms with Crippen molar-refractivity contribution in [3.8, 4) is 11.3 Å². The van der Waals surface area contributed by atoms with Gasteiger partial charge in [0.1, 0.15) is 5.82 Å². The molecule has 0 atom stereocenters. The first-order valence-corrected chi connectivity index (χ1v) is 10.7. The molecule has 0 saturated carbocycles. The molecule has 3 aromatic rings. The van der Waals surface area contributed by atoms with Gasteiger partial charge in [-0.1, -0.05) is 0 Å². The Bertz CT molecular complexity index is 1090. The van der Waals surface area contributed by atoms with Gasteiger partial charge in [0.15, 0.2) is 0 Å². The highest BCUT2D eigenvalue weighted by atomic mass is 32.1. The average Bonchev–Trinajstić information content (AvgIpc) is 3.14. The Morgan fingerprint density at radius 1 is 1.10 bits per heavy atom. The first kappa shape index (κ1) is 20.9. The number of halogens is 1. The number of nitro groups is 1. The van der Waals surface area contributed by atoms with Crippen molar-refractivity contribution < 1.29 is 14.1 Å². The molecule has 1 aliphatic heterocycles. The first-order valence-electron chi connectivity index (χ1n) is 9.90. The van der Waals surface area contributed by atoms with Crippen LogP contribution in [0.1, 0.15) is 9.88 Å². The monoisotopic (exact) mass is 440 g/mol. The van der Waals surface area contributed by atoms with Crippen molar-refractivity contribution in [2.75, 3.05) is 31.1 Å². The summed E-state index contributed by atoms with van der Waals surface area (Å²) in [6.07, 6.45) is 0.260. The van der Waals surface area contributed by atoms with Gasteiger partial charge in [-0.15, -0.1) is 11.3 Å². The number of rotatable bonds is 5. The summed E-state index contributed by atoms with van der Waals surface area (Å²) < 4.78 is 13.3. The van der Waals surface area contributed by atoms with E-state index in [0.717, 1.165) is 26.8 Å². The minimum Gasteiger partial charge on any atom is -0.368 e. The summed E-state index contributed by atoms with van der Waals surface area (Å²) >= 11 is 1.49. The second-order valence-corrected chi connectivity index (χ2v) is 8.62. The molecule has 1 amide bonds. The minimum absolute atomic E-state index is 0.0374. The number of carbonyl (C=O) groups excluding carboxylic acids is 1. The normalized spacial score (nSPS) is 14.0. The van der Waals surface area contributed by atoms with Gasteiger partial charge in [-0.3, -0.25) is 14.9 Å². The van der Waals surface area contributed by atoms with Gasteiger partial charge in [-0.05, 0) is 43.3 Å². The Morgan fingerprint density at radius 2 is 1.74 bits per heavy atom. The molecule has 4 rings (SSSR count). The Morgan fingerprint density at radius 3 is 2.35 bits per heavy atom. The number of hydrogen-bond acceptors (Lipinski definition) is 6. The van der Waals surface area contributed by atoms with Crippen LogP contribution in [0, 0.1) is 22.9 Å². The van der Waals surface area contributed by atoms with E-state index in [1.807, 2.05) is 11.8 Å². The number of piperazine rings is 1. The highest BCUT2D eigenvalue weighted by Crippen LogP contribution is 2.29. The van der Waals surface area contributed by atoms with Crippen LogP contribution in [0.4, 0.5) is 15.8 Å². The van der Waals surface area contributed by atoms with E-state index in [2.05, 4.69) is 9.88 Å². The molecule has 0 unspecified atom stereocenters. The van der Waals surface area contributed by atoms with E-state index in [4.69, 9.17) is 0 Å². The van der Waals surface area contributed by atoms with Crippen molar-refractivity contribution in [3.63, 3.8) is 0 Å². The lowest BCUT2D eigenvalue weighted by molar-refractivity contribution is -0.384. The van der Waals surface area contributed by atoms with E-state index in [0.29, 0.717) is 26.2 Å². The maximum Gasteiger partial charge on any atom is 0.269 e. The van der Waals surface area contributed by atoms with Crippen molar-refractivity contribution in [3.05, 3.63) is 74.3 Å². The molecule has 2 aromatic carbocycles. The molecule has 0 aliphatic carbocycles. The van der Waals surface area contributed by atoms with Crippen LogP contribution in [-0.2, 0) is 11.2 Å². The number of hydrogen-bond donors (Lipinski definition) is 0. The Kier molecular flexibility index (Phi) is 5.94. The Hall–Kier alpha value is -3.33. The van der Waals surface area contributed by atoms with E-state index in [1.54, 1.807) is 24.3 Å². The second kappa shape index (κ2) is 8.81. The molecule has 1 aromatic heterocycles. The van der Waals surface area contributed by atoms with Crippen molar-refractivity contribution in [2.24, 2.45) is 0 Å². The van der Waals surface area contributed by atoms with Crippen LogP contribution in [0.2, 0.25) is 0 Å². The van der Waals surface area contributed by atoms with E-state index in [1.165, 1.54) is 35.6 Å². The summed E-state index contributed by atoms with van der Waals surface area (Å²) in [5, 5.41) is 11.7. The molecule has 2 heterocycles. The third-order valence-electron chi connectivity index (χ3n) is 5.29. The number of nitrogens with zero attached hydrogens (tertiary/aromatic N) is 4. The smallest absolute Gasteiger partial charge is 0.269 e. The highest BCUT2D eigenvalue weighted by molar-refractivity contribution is 7.12.